The van der Waals surface area contributed by atoms with Crippen LogP contribution in [-0.2, 0) is 10.3 Å². The maximum atomic E-state index is 13.0. The summed E-state index contributed by atoms with van der Waals surface area (Å²) in [5.41, 5.74) is 2.46. The van der Waals surface area contributed by atoms with Gasteiger partial charge in [-0.05, 0) is 37.1 Å². The minimum atomic E-state index is -5.08. The van der Waals surface area contributed by atoms with E-state index >= 15 is 0 Å². The van der Waals surface area contributed by atoms with Crippen molar-refractivity contribution in [1.82, 2.24) is 24.4 Å². The molecule has 2 aliphatic heterocycles. The smallest absolute Gasteiger partial charge is 0.475 e. The fourth-order valence-electron chi connectivity index (χ4n) is 4.62. The summed E-state index contributed by atoms with van der Waals surface area (Å²) in [6.07, 6.45) is 5.41. The van der Waals surface area contributed by atoms with Crippen molar-refractivity contribution in [2.24, 2.45) is 0 Å². The fourth-order valence-corrected chi connectivity index (χ4v) is 4.62. The normalized spacial score (nSPS) is 18.5. The number of fused-ring (bicyclic) bond motifs is 4. The number of carboxylic acids is 1. The van der Waals surface area contributed by atoms with Gasteiger partial charge in [-0.2, -0.15) is 13.2 Å². The summed E-state index contributed by atoms with van der Waals surface area (Å²) in [6.45, 7) is 4.42. The van der Waals surface area contributed by atoms with Gasteiger partial charge in [0.1, 0.15) is 11.2 Å². The number of pyridine rings is 1. The number of aromatic nitrogens is 4. The second-order valence-electron chi connectivity index (χ2n) is 8.16. The summed E-state index contributed by atoms with van der Waals surface area (Å²) in [5, 5.41) is 7.12. The third kappa shape index (κ3) is 4.43. The molecule has 3 aromatic rings. The molecule has 1 unspecified atom stereocenters. The topological polar surface area (TPSA) is 104 Å². The van der Waals surface area contributed by atoms with Crippen LogP contribution in [0.5, 0.6) is 0 Å². The van der Waals surface area contributed by atoms with Crippen molar-refractivity contribution in [1.29, 1.82) is 0 Å². The number of nitrogens with zero attached hydrogens (tertiary/aromatic N) is 6. The van der Waals surface area contributed by atoms with E-state index in [1.807, 2.05) is 17.2 Å². The quantitative estimate of drug-likeness (QED) is 0.603. The summed E-state index contributed by atoms with van der Waals surface area (Å²) in [4.78, 5) is 39.2. The van der Waals surface area contributed by atoms with Crippen LogP contribution in [0.15, 0.2) is 55.2 Å². The van der Waals surface area contributed by atoms with Crippen molar-refractivity contribution in [2.45, 2.75) is 31.5 Å². The zero-order valence-corrected chi connectivity index (χ0v) is 18.8. The van der Waals surface area contributed by atoms with Gasteiger partial charge in [-0.1, -0.05) is 6.92 Å². The van der Waals surface area contributed by atoms with E-state index in [1.54, 1.807) is 18.6 Å². The molecule has 35 heavy (non-hydrogen) atoms. The highest BCUT2D eigenvalue weighted by Gasteiger charge is 2.50. The van der Waals surface area contributed by atoms with Crippen LogP contribution in [-0.4, -0.2) is 67.2 Å². The number of carbonyl (C=O) groups excluding carboxylic acids is 1. The van der Waals surface area contributed by atoms with Gasteiger partial charge in [0.25, 0.3) is 5.91 Å². The monoisotopic (exact) mass is 488 g/mol. The van der Waals surface area contributed by atoms with Crippen LogP contribution in [0.1, 0.15) is 35.9 Å². The Morgan fingerprint density at radius 2 is 1.91 bits per heavy atom. The predicted molar refractivity (Wildman–Crippen MR) is 119 cm³/mol. The number of halogens is 3. The van der Waals surface area contributed by atoms with Gasteiger partial charge in [-0.15, -0.1) is 0 Å². The van der Waals surface area contributed by atoms with E-state index in [-0.39, 0.29) is 11.4 Å². The first-order valence-corrected chi connectivity index (χ1v) is 11.0. The van der Waals surface area contributed by atoms with E-state index in [1.165, 1.54) is 5.69 Å². The van der Waals surface area contributed by atoms with Crippen molar-refractivity contribution in [3.05, 3.63) is 66.6 Å². The van der Waals surface area contributed by atoms with Gasteiger partial charge in [0.05, 0.1) is 17.6 Å². The molecule has 1 fully saturated rings. The predicted octanol–water partition coefficient (Wildman–Crippen LogP) is 3.27. The Balaban J connectivity index is 0.000000364. The Kier molecular flexibility index (Phi) is 6.46. The van der Waals surface area contributed by atoms with Crippen molar-refractivity contribution in [3.63, 3.8) is 0 Å². The maximum absolute atomic E-state index is 13.0. The van der Waals surface area contributed by atoms with Gasteiger partial charge < -0.3 is 19.5 Å². The molecule has 5 heterocycles. The summed E-state index contributed by atoms with van der Waals surface area (Å²) >= 11 is 0. The van der Waals surface area contributed by atoms with Crippen LogP contribution in [0.25, 0.3) is 5.82 Å². The van der Waals surface area contributed by atoms with E-state index in [0.717, 1.165) is 30.9 Å². The number of carbonyl (C=O) groups is 2. The van der Waals surface area contributed by atoms with Gasteiger partial charge in [-0.25, -0.2) is 14.8 Å². The van der Waals surface area contributed by atoms with Gasteiger partial charge in [0.2, 0.25) is 0 Å². The molecule has 0 saturated carbocycles. The molecular weight excluding hydrogens is 465 g/mol. The van der Waals surface area contributed by atoms with Crippen LogP contribution >= 0.6 is 0 Å². The highest BCUT2D eigenvalue weighted by atomic mass is 19.4. The zero-order chi connectivity index (χ0) is 25.2. The number of carboxylic acid groups (broad SMARTS) is 1. The highest BCUT2D eigenvalue weighted by molar-refractivity contribution is 5.92. The number of alkyl halides is 3. The largest absolute Gasteiger partial charge is 0.490 e. The number of likely N-dealkylation sites (tertiary alicyclic amines) is 1. The molecule has 184 valence electrons. The molecule has 0 bridgehead atoms. The number of rotatable bonds is 3. The molecule has 1 amide bonds. The van der Waals surface area contributed by atoms with Gasteiger partial charge in [0, 0.05) is 44.4 Å². The molecule has 1 spiro atoms. The molecule has 3 aromatic heterocycles. The van der Waals surface area contributed by atoms with Gasteiger partial charge in [-0.3, -0.25) is 9.78 Å². The molecule has 1 N–H and O–H groups in total. The third-order valence-corrected chi connectivity index (χ3v) is 6.03. The molecule has 5 rings (SSSR count). The molecule has 0 aliphatic carbocycles. The molecule has 1 atom stereocenters. The lowest BCUT2D eigenvalue weighted by atomic mass is 9.88. The molecule has 12 heteroatoms. The first-order valence-electron chi connectivity index (χ1n) is 11.0. The Hall–Kier alpha value is -3.96. The van der Waals surface area contributed by atoms with Gasteiger partial charge in [0.15, 0.2) is 5.82 Å². The minimum absolute atomic E-state index is 0.0588. The molecule has 0 aromatic carbocycles. The summed E-state index contributed by atoms with van der Waals surface area (Å²) in [7, 11) is 0. The van der Waals surface area contributed by atoms with E-state index in [2.05, 4.69) is 55.7 Å². The standard InChI is InChI=1S/C21H22N6O.C2HF3O2/c1-2-11-27-17-5-3-8-24-19(17)26-12-4-6-18(26)21(27)7-13-25(15-21)20(28)16-14-22-9-10-23-16;3-2(4,5)1(6)7/h3-6,8-10,12,14H,2,7,11,13,15H2,1H3;(H,6,7). The number of aliphatic carboxylic acids is 1. The molecular formula is C23H23F3N6O3. The van der Waals surface area contributed by atoms with Crippen molar-refractivity contribution >= 4 is 17.6 Å². The van der Waals surface area contributed by atoms with Crippen molar-refractivity contribution in [3.8, 4) is 5.82 Å². The lowest BCUT2D eigenvalue weighted by molar-refractivity contribution is -0.192. The lowest BCUT2D eigenvalue weighted by Crippen LogP contribution is -2.53. The van der Waals surface area contributed by atoms with Crippen LogP contribution < -0.4 is 4.90 Å². The van der Waals surface area contributed by atoms with Crippen molar-refractivity contribution < 1.29 is 27.9 Å². The number of anilines is 1. The average Bonchev–Trinajstić information content (AvgIpc) is 3.51. The summed E-state index contributed by atoms with van der Waals surface area (Å²) in [5.74, 6) is -1.86. The minimum Gasteiger partial charge on any atom is -0.475 e. The second kappa shape index (κ2) is 9.35. The zero-order valence-electron chi connectivity index (χ0n) is 18.8. The average molecular weight is 488 g/mol. The number of hydrogen-bond acceptors (Lipinski definition) is 6. The Labute approximate surface area is 198 Å². The Bertz CT molecular complexity index is 1220. The molecule has 2 aliphatic rings. The fraction of sp³-hybridized carbons (Fsp3) is 0.348. The molecule has 0 radical (unpaired) electrons. The Morgan fingerprint density at radius 1 is 1.14 bits per heavy atom. The molecule has 9 nitrogen and oxygen atoms in total. The third-order valence-electron chi connectivity index (χ3n) is 6.03. The molecule has 1 saturated heterocycles. The SMILES string of the molecule is CCCN1c2cccnc2-n2cccc2C12CCN(C(=O)c1cnccn1)C2.O=C(O)C(F)(F)F. The summed E-state index contributed by atoms with van der Waals surface area (Å²) < 4.78 is 33.9. The van der Waals surface area contributed by atoms with Crippen molar-refractivity contribution in [2.75, 3.05) is 24.5 Å². The lowest BCUT2D eigenvalue weighted by Gasteiger charge is -2.47. The number of amides is 1. The van der Waals surface area contributed by atoms with Crippen LogP contribution in [0.4, 0.5) is 18.9 Å². The first kappa shape index (κ1) is 24.2. The van der Waals surface area contributed by atoms with E-state index in [9.17, 15) is 18.0 Å². The van der Waals surface area contributed by atoms with E-state index < -0.39 is 12.1 Å². The van der Waals surface area contributed by atoms with Gasteiger partial charge >= 0.3 is 12.1 Å². The maximum Gasteiger partial charge on any atom is 0.490 e. The number of hydrogen-bond donors (Lipinski definition) is 1. The van der Waals surface area contributed by atoms with Crippen LogP contribution in [0.2, 0.25) is 0 Å². The van der Waals surface area contributed by atoms with Crippen LogP contribution in [0.3, 0.4) is 0 Å². The first-order chi connectivity index (χ1) is 16.7. The van der Waals surface area contributed by atoms with E-state index in [0.29, 0.717) is 18.8 Å². The van der Waals surface area contributed by atoms with Crippen LogP contribution in [0, 0.1) is 0 Å². The Morgan fingerprint density at radius 3 is 2.57 bits per heavy atom. The second-order valence-corrected chi connectivity index (χ2v) is 8.16. The summed E-state index contributed by atoms with van der Waals surface area (Å²) in [6, 6.07) is 8.35. The van der Waals surface area contributed by atoms with E-state index in [4.69, 9.17) is 9.90 Å². The highest BCUT2D eigenvalue weighted by Crippen LogP contribution is 2.47.